The number of hydrogen-bond acceptors (Lipinski definition) is 3. The van der Waals surface area contributed by atoms with E-state index in [4.69, 9.17) is 0 Å². The predicted octanol–water partition coefficient (Wildman–Crippen LogP) is 1.10. The highest BCUT2D eigenvalue weighted by molar-refractivity contribution is 5.40. The number of hydrogen-bond donors (Lipinski definition) is 2. The average Bonchev–Trinajstić information content (AvgIpc) is 2.14. The SMILES string of the molecule is CNCCCNc1ccncc1. The predicted molar refractivity (Wildman–Crippen MR) is 51.3 cm³/mol. The molecule has 12 heavy (non-hydrogen) atoms. The Hall–Kier alpha value is -1.09. The molecule has 1 aromatic rings. The van der Waals surface area contributed by atoms with Gasteiger partial charge in [0, 0.05) is 24.6 Å². The van der Waals surface area contributed by atoms with Gasteiger partial charge in [0.15, 0.2) is 0 Å². The first-order valence-electron chi connectivity index (χ1n) is 4.22. The lowest BCUT2D eigenvalue weighted by Gasteiger charge is -2.04. The Morgan fingerprint density at radius 2 is 2.00 bits per heavy atom. The summed E-state index contributed by atoms with van der Waals surface area (Å²) in [6.07, 6.45) is 4.72. The second kappa shape index (κ2) is 5.55. The van der Waals surface area contributed by atoms with E-state index in [9.17, 15) is 0 Å². The van der Waals surface area contributed by atoms with Crippen molar-refractivity contribution in [2.75, 3.05) is 25.5 Å². The summed E-state index contributed by atoms with van der Waals surface area (Å²) in [4.78, 5) is 3.94. The van der Waals surface area contributed by atoms with Gasteiger partial charge in [-0.2, -0.15) is 0 Å². The van der Waals surface area contributed by atoms with E-state index in [1.165, 1.54) is 0 Å². The molecular formula is C9H15N3. The summed E-state index contributed by atoms with van der Waals surface area (Å²) in [6, 6.07) is 3.94. The Kier molecular flexibility index (Phi) is 4.16. The Labute approximate surface area is 73.2 Å². The van der Waals surface area contributed by atoms with Crippen LogP contribution in [0.5, 0.6) is 0 Å². The first-order valence-corrected chi connectivity index (χ1v) is 4.22. The Morgan fingerprint density at radius 3 is 2.67 bits per heavy atom. The van der Waals surface area contributed by atoms with Crippen LogP contribution in [-0.2, 0) is 0 Å². The first kappa shape index (κ1) is 9.00. The third-order valence-electron chi connectivity index (χ3n) is 1.61. The van der Waals surface area contributed by atoms with Gasteiger partial charge in [0.2, 0.25) is 0 Å². The van der Waals surface area contributed by atoms with Gasteiger partial charge in [-0.3, -0.25) is 4.98 Å². The molecule has 1 rings (SSSR count). The van der Waals surface area contributed by atoms with Gasteiger partial charge < -0.3 is 10.6 Å². The van der Waals surface area contributed by atoms with E-state index in [1.54, 1.807) is 12.4 Å². The van der Waals surface area contributed by atoms with Crippen molar-refractivity contribution in [3.8, 4) is 0 Å². The van der Waals surface area contributed by atoms with Crippen LogP contribution in [0.15, 0.2) is 24.5 Å². The van der Waals surface area contributed by atoms with Crippen LogP contribution >= 0.6 is 0 Å². The smallest absolute Gasteiger partial charge is 0.0371 e. The maximum atomic E-state index is 3.94. The van der Waals surface area contributed by atoms with Crippen LogP contribution in [-0.4, -0.2) is 25.1 Å². The fourth-order valence-electron chi connectivity index (χ4n) is 0.968. The minimum Gasteiger partial charge on any atom is -0.385 e. The largest absolute Gasteiger partial charge is 0.385 e. The lowest BCUT2D eigenvalue weighted by atomic mass is 10.3. The molecular weight excluding hydrogens is 150 g/mol. The molecule has 1 heterocycles. The van der Waals surface area contributed by atoms with Gasteiger partial charge in [0.05, 0.1) is 0 Å². The van der Waals surface area contributed by atoms with Crippen molar-refractivity contribution < 1.29 is 0 Å². The van der Waals surface area contributed by atoms with Crippen LogP contribution in [0.1, 0.15) is 6.42 Å². The molecule has 0 saturated carbocycles. The van der Waals surface area contributed by atoms with Crippen molar-refractivity contribution in [3.63, 3.8) is 0 Å². The van der Waals surface area contributed by atoms with Gasteiger partial charge in [-0.15, -0.1) is 0 Å². The van der Waals surface area contributed by atoms with Crippen LogP contribution in [0.3, 0.4) is 0 Å². The van der Waals surface area contributed by atoms with E-state index in [-0.39, 0.29) is 0 Å². The lowest BCUT2D eigenvalue weighted by Crippen LogP contribution is -2.12. The number of nitrogens with one attached hydrogen (secondary N) is 2. The van der Waals surface area contributed by atoms with Gasteiger partial charge >= 0.3 is 0 Å². The van der Waals surface area contributed by atoms with Crippen LogP contribution in [0.4, 0.5) is 5.69 Å². The zero-order valence-corrected chi connectivity index (χ0v) is 7.38. The maximum absolute atomic E-state index is 3.94. The molecule has 0 fully saturated rings. The molecule has 0 radical (unpaired) electrons. The summed E-state index contributed by atoms with van der Waals surface area (Å²) in [5.74, 6) is 0. The molecule has 0 unspecified atom stereocenters. The third kappa shape index (κ3) is 3.34. The minimum absolute atomic E-state index is 1.00. The monoisotopic (exact) mass is 165 g/mol. The van der Waals surface area contributed by atoms with Crippen molar-refractivity contribution in [2.45, 2.75) is 6.42 Å². The zero-order valence-electron chi connectivity index (χ0n) is 7.38. The topological polar surface area (TPSA) is 37.0 Å². The molecule has 0 amide bonds. The summed E-state index contributed by atoms with van der Waals surface area (Å²) in [5.41, 5.74) is 1.14. The number of pyridine rings is 1. The van der Waals surface area contributed by atoms with Crippen molar-refractivity contribution in [2.24, 2.45) is 0 Å². The summed E-state index contributed by atoms with van der Waals surface area (Å²) >= 11 is 0. The Balaban J connectivity index is 2.16. The molecule has 0 spiro atoms. The normalized spacial score (nSPS) is 9.75. The minimum atomic E-state index is 1.00. The molecule has 0 aliphatic carbocycles. The molecule has 0 aliphatic heterocycles. The van der Waals surface area contributed by atoms with Crippen LogP contribution in [0.2, 0.25) is 0 Å². The molecule has 3 nitrogen and oxygen atoms in total. The molecule has 0 atom stereocenters. The fraction of sp³-hybridized carbons (Fsp3) is 0.444. The van der Waals surface area contributed by atoms with Gasteiger partial charge in [0.25, 0.3) is 0 Å². The number of nitrogens with zero attached hydrogens (tertiary/aromatic N) is 1. The van der Waals surface area contributed by atoms with Gasteiger partial charge in [-0.1, -0.05) is 0 Å². The lowest BCUT2D eigenvalue weighted by molar-refractivity contribution is 0.748. The molecule has 3 heteroatoms. The molecule has 0 aromatic carbocycles. The second-order valence-corrected chi connectivity index (χ2v) is 2.62. The van der Waals surface area contributed by atoms with Crippen LogP contribution in [0.25, 0.3) is 0 Å². The van der Waals surface area contributed by atoms with E-state index in [0.29, 0.717) is 0 Å². The number of rotatable bonds is 5. The number of aromatic nitrogens is 1. The standard InChI is InChI=1S/C9H15N3/c1-10-5-2-6-12-9-3-7-11-8-4-9/h3-4,7-8,10H,2,5-6H2,1H3,(H,11,12). The third-order valence-corrected chi connectivity index (χ3v) is 1.61. The van der Waals surface area contributed by atoms with Gasteiger partial charge in [0.1, 0.15) is 0 Å². The average molecular weight is 165 g/mol. The number of anilines is 1. The first-order chi connectivity index (χ1) is 5.93. The van der Waals surface area contributed by atoms with Crippen molar-refractivity contribution in [3.05, 3.63) is 24.5 Å². The quantitative estimate of drug-likeness (QED) is 0.642. The molecule has 1 aromatic heterocycles. The van der Waals surface area contributed by atoms with Crippen molar-refractivity contribution in [1.29, 1.82) is 0 Å². The highest BCUT2D eigenvalue weighted by atomic mass is 14.9. The van der Waals surface area contributed by atoms with E-state index in [0.717, 1.165) is 25.2 Å². The van der Waals surface area contributed by atoms with Gasteiger partial charge in [-0.25, -0.2) is 0 Å². The Bertz CT molecular complexity index is 198. The zero-order chi connectivity index (χ0) is 8.65. The van der Waals surface area contributed by atoms with Crippen molar-refractivity contribution in [1.82, 2.24) is 10.3 Å². The summed E-state index contributed by atoms with van der Waals surface area (Å²) in [6.45, 7) is 2.06. The molecule has 2 N–H and O–H groups in total. The van der Waals surface area contributed by atoms with Crippen LogP contribution in [0, 0.1) is 0 Å². The summed E-state index contributed by atoms with van der Waals surface area (Å²) in [7, 11) is 1.96. The van der Waals surface area contributed by atoms with Crippen LogP contribution < -0.4 is 10.6 Å². The highest BCUT2D eigenvalue weighted by Crippen LogP contribution is 2.01. The van der Waals surface area contributed by atoms with E-state index >= 15 is 0 Å². The van der Waals surface area contributed by atoms with E-state index in [1.807, 2.05) is 19.2 Å². The highest BCUT2D eigenvalue weighted by Gasteiger charge is 1.88. The second-order valence-electron chi connectivity index (χ2n) is 2.62. The van der Waals surface area contributed by atoms with E-state index in [2.05, 4.69) is 15.6 Å². The molecule has 0 saturated heterocycles. The van der Waals surface area contributed by atoms with Gasteiger partial charge in [-0.05, 0) is 32.1 Å². The molecule has 66 valence electrons. The summed E-state index contributed by atoms with van der Waals surface area (Å²) < 4.78 is 0. The molecule has 0 aliphatic rings. The van der Waals surface area contributed by atoms with Crippen molar-refractivity contribution >= 4 is 5.69 Å². The molecule has 0 bridgehead atoms. The Morgan fingerprint density at radius 1 is 1.25 bits per heavy atom. The summed E-state index contributed by atoms with van der Waals surface area (Å²) in [5, 5.41) is 6.40. The van der Waals surface area contributed by atoms with E-state index < -0.39 is 0 Å². The fourth-order valence-corrected chi connectivity index (χ4v) is 0.968. The maximum Gasteiger partial charge on any atom is 0.0371 e.